The molecule has 2 rings (SSSR count). The number of carbonyl (C=O) groups excluding carboxylic acids is 1. The first-order valence-corrected chi connectivity index (χ1v) is 7.55. The second kappa shape index (κ2) is 8.84. The van der Waals surface area contributed by atoms with Crippen molar-refractivity contribution >= 4 is 23.2 Å². The molecular weight excluding hydrogens is 355 g/mol. The Hall–Kier alpha value is -2.87. The van der Waals surface area contributed by atoms with Gasteiger partial charge in [0, 0.05) is 17.2 Å². The molecule has 0 aliphatic carbocycles. The first kappa shape index (κ1) is 18.5. The third kappa shape index (κ3) is 5.92. The van der Waals surface area contributed by atoms with E-state index in [2.05, 4.69) is 5.32 Å². The maximum atomic E-state index is 13.4. The fourth-order valence-electron chi connectivity index (χ4n) is 1.82. The molecule has 2 aromatic carbocycles. The second-order valence-corrected chi connectivity index (χ2v) is 5.25. The molecule has 9 heteroatoms. The number of carbonyl (C=O) groups is 1. The lowest BCUT2D eigenvalue weighted by molar-refractivity contribution is -0.387. The Kier molecular flexibility index (Phi) is 6.53. The number of rotatable bonds is 8. The summed E-state index contributed by atoms with van der Waals surface area (Å²) in [7, 11) is 0. The molecule has 0 aliphatic heterocycles. The van der Waals surface area contributed by atoms with E-state index in [4.69, 9.17) is 21.1 Å². The minimum Gasteiger partial charge on any atom is -0.492 e. The summed E-state index contributed by atoms with van der Waals surface area (Å²) >= 11 is 5.75. The summed E-state index contributed by atoms with van der Waals surface area (Å²) in [5.74, 6) is -0.815. The Morgan fingerprint density at radius 3 is 2.48 bits per heavy atom. The van der Waals surface area contributed by atoms with Gasteiger partial charge in [0.1, 0.15) is 18.1 Å². The number of hydrogen-bond acceptors (Lipinski definition) is 5. The Labute approximate surface area is 147 Å². The summed E-state index contributed by atoms with van der Waals surface area (Å²) in [6, 6.07) is 9.84. The predicted octanol–water partition coefficient (Wildman–Crippen LogP) is 2.96. The maximum absolute atomic E-state index is 13.4. The highest BCUT2D eigenvalue weighted by atomic mass is 35.5. The van der Waals surface area contributed by atoms with E-state index in [1.54, 1.807) is 24.3 Å². The van der Waals surface area contributed by atoms with Gasteiger partial charge >= 0.3 is 5.69 Å². The van der Waals surface area contributed by atoms with Gasteiger partial charge in [-0.2, -0.15) is 4.39 Å². The van der Waals surface area contributed by atoms with Crippen LogP contribution >= 0.6 is 11.6 Å². The Bertz CT molecular complexity index is 755. The summed E-state index contributed by atoms with van der Waals surface area (Å²) in [6.07, 6.45) is 0. The maximum Gasteiger partial charge on any atom is 0.305 e. The Balaban J connectivity index is 1.69. The molecular formula is C16H14ClFN2O5. The number of amides is 1. The highest BCUT2D eigenvalue weighted by Gasteiger charge is 2.14. The van der Waals surface area contributed by atoms with Crippen molar-refractivity contribution in [2.75, 3.05) is 19.8 Å². The zero-order valence-corrected chi connectivity index (χ0v) is 13.7. The van der Waals surface area contributed by atoms with Crippen molar-refractivity contribution in [3.8, 4) is 11.5 Å². The molecule has 0 radical (unpaired) electrons. The summed E-state index contributed by atoms with van der Waals surface area (Å²) in [4.78, 5) is 21.3. The Morgan fingerprint density at radius 2 is 1.84 bits per heavy atom. The van der Waals surface area contributed by atoms with E-state index >= 15 is 0 Å². The molecule has 0 bridgehead atoms. The van der Waals surface area contributed by atoms with Gasteiger partial charge in [-0.15, -0.1) is 0 Å². The van der Waals surface area contributed by atoms with Crippen molar-refractivity contribution in [1.29, 1.82) is 0 Å². The van der Waals surface area contributed by atoms with Gasteiger partial charge in [0.05, 0.1) is 11.5 Å². The van der Waals surface area contributed by atoms with Gasteiger partial charge in [-0.25, -0.2) is 0 Å². The first-order chi connectivity index (χ1) is 12.0. The van der Waals surface area contributed by atoms with E-state index in [0.717, 1.165) is 12.1 Å². The number of ether oxygens (including phenoxy) is 2. The molecule has 1 amide bonds. The zero-order chi connectivity index (χ0) is 18.2. The van der Waals surface area contributed by atoms with Crippen LogP contribution in [-0.4, -0.2) is 30.6 Å². The summed E-state index contributed by atoms with van der Waals surface area (Å²) in [6.45, 7) is 0.150. The molecule has 0 saturated carbocycles. The number of halogens is 2. The van der Waals surface area contributed by atoms with Gasteiger partial charge in [-0.05, 0) is 30.3 Å². The molecule has 0 spiro atoms. The van der Waals surface area contributed by atoms with Crippen LogP contribution in [0.4, 0.5) is 10.1 Å². The number of nitro groups is 1. The van der Waals surface area contributed by atoms with E-state index < -0.39 is 22.3 Å². The minimum absolute atomic E-state index is 0.0238. The van der Waals surface area contributed by atoms with Crippen LogP contribution in [0.25, 0.3) is 0 Å². The van der Waals surface area contributed by atoms with Crippen LogP contribution in [-0.2, 0) is 4.79 Å². The van der Waals surface area contributed by atoms with Crippen LogP contribution in [0.3, 0.4) is 0 Å². The van der Waals surface area contributed by atoms with E-state index in [9.17, 15) is 19.3 Å². The number of nitro benzene ring substituents is 1. The van der Waals surface area contributed by atoms with E-state index in [0.29, 0.717) is 10.8 Å². The normalized spacial score (nSPS) is 10.2. The molecule has 2 aromatic rings. The molecule has 0 unspecified atom stereocenters. The molecule has 0 aromatic heterocycles. The standard InChI is InChI=1S/C16H14ClFN2O5/c17-11-1-3-12(4-2-11)24-8-7-19-16(21)10-25-13-5-6-15(20(22)23)14(18)9-13/h1-6,9H,7-8,10H2,(H,19,21). The quantitative estimate of drug-likeness (QED) is 0.439. The van der Waals surface area contributed by atoms with Crippen molar-refractivity contribution in [3.05, 3.63) is 63.4 Å². The van der Waals surface area contributed by atoms with Crippen LogP contribution in [0.15, 0.2) is 42.5 Å². The zero-order valence-electron chi connectivity index (χ0n) is 12.9. The fraction of sp³-hybridized carbons (Fsp3) is 0.188. The van der Waals surface area contributed by atoms with E-state index in [-0.39, 0.29) is 25.5 Å². The van der Waals surface area contributed by atoms with Crippen molar-refractivity contribution in [3.63, 3.8) is 0 Å². The minimum atomic E-state index is -1.03. The number of benzene rings is 2. The molecule has 0 saturated heterocycles. The highest BCUT2D eigenvalue weighted by Crippen LogP contribution is 2.22. The predicted molar refractivity (Wildman–Crippen MR) is 88.5 cm³/mol. The smallest absolute Gasteiger partial charge is 0.305 e. The second-order valence-electron chi connectivity index (χ2n) is 4.81. The lowest BCUT2D eigenvalue weighted by Crippen LogP contribution is -2.32. The largest absolute Gasteiger partial charge is 0.492 e. The van der Waals surface area contributed by atoms with Crippen LogP contribution in [0.1, 0.15) is 0 Å². The summed E-state index contributed by atoms with van der Waals surface area (Å²) in [5.41, 5.74) is -0.656. The van der Waals surface area contributed by atoms with Gasteiger partial charge in [-0.1, -0.05) is 11.6 Å². The van der Waals surface area contributed by atoms with Crippen LogP contribution in [0, 0.1) is 15.9 Å². The van der Waals surface area contributed by atoms with E-state index in [1.807, 2.05) is 0 Å². The van der Waals surface area contributed by atoms with Gasteiger partial charge in [0.25, 0.3) is 5.91 Å². The average molecular weight is 369 g/mol. The van der Waals surface area contributed by atoms with Crippen molar-refractivity contribution in [2.24, 2.45) is 0 Å². The molecule has 0 fully saturated rings. The lowest BCUT2D eigenvalue weighted by Gasteiger charge is -2.09. The third-order valence-electron chi connectivity index (χ3n) is 2.99. The van der Waals surface area contributed by atoms with Gasteiger partial charge in [-0.3, -0.25) is 14.9 Å². The van der Waals surface area contributed by atoms with Gasteiger partial charge in [0.15, 0.2) is 6.61 Å². The van der Waals surface area contributed by atoms with Crippen LogP contribution in [0.2, 0.25) is 5.02 Å². The van der Waals surface area contributed by atoms with Crippen LogP contribution in [0.5, 0.6) is 11.5 Å². The monoisotopic (exact) mass is 368 g/mol. The number of nitrogens with zero attached hydrogens (tertiary/aromatic N) is 1. The SMILES string of the molecule is O=C(COc1ccc([N+](=O)[O-])c(F)c1)NCCOc1ccc(Cl)cc1. The van der Waals surface area contributed by atoms with Crippen LogP contribution < -0.4 is 14.8 Å². The van der Waals surface area contributed by atoms with E-state index in [1.165, 1.54) is 6.07 Å². The molecule has 0 atom stereocenters. The van der Waals surface area contributed by atoms with Gasteiger partial charge in [0.2, 0.25) is 5.82 Å². The van der Waals surface area contributed by atoms with Gasteiger partial charge < -0.3 is 14.8 Å². The first-order valence-electron chi connectivity index (χ1n) is 7.17. The molecule has 7 nitrogen and oxygen atoms in total. The van der Waals surface area contributed by atoms with Crippen molar-refractivity contribution < 1.29 is 23.6 Å². The number of nitrogens with one attached hydrogen (secondary N) is 1. The molecule has 25 heavy (non-hydrogen) atoms. The fourth-order valence-corrected chi connectivity index (χ4v) is 1.94. The summed E-state index contributed by atoms with van der Waals surface area (Å²) < 4.78 is 23.9. The topological polar surface area (TPSA) is 90.7 Å². The molecule has 0 aliphatic rings. The molecule has 132 valence electrons. The molecule has 0 heterocycles. The highest BCUT2D eigenvalue weighted by molar-refractivity contribution is 6.30. The summed E-state index contributed by atoms with van der Waals surface area (Å²) in [5, 5.41) is 13.7. The molecule has 1 N–H and O–H groups in total. The average Bonchev–Trinajstić information content (AvgIpc) is 2.58. The van der Waals surface area contributed by atoms with Crippen molar-refractivity contribution in [2.45, 2.75) is 0 Å². The number of hydrogen-bond donors (Lipinski definition) is 1. The Morgan fingerprint density at radius 1 is 1.16 bits per heavy atom. The third-order valence-corrected chi connectivity index (χ3v) is 3.24. The van der Waals surface area contributed by atoms with Crippen molar-refractivity contribution in [1.82, 2.24) is 5.32 Å². The lowest BCUT2D eigenvalue weighted by atomic mass is 10.3.